The molecule has 2 N–H and O–H groups in total. The van der Waals surface area contributed by atoms with Crippen LogP contribution in [-0.2, 0) is 14.4 Å². The monoisotopic (exact) mass is 496 g/mol. The van der Waals surface area contributed by atoms with Crippen molar-refractivity contribution < 1.29 is 14.4 Å². The molecule has 9 heteroatoms. The van der Waals surface area contributed by atoms with Gasteiger partial charge in [-0.05, 0) is 51.3 Å². The molecule has 1 saturated heterocycles. The standard InChI is InChI=1S/C27H40N6O3/c1-18-16-23(33(30-18)21-12-9-8-10-13-21)32(20(3)34)17-22-14-11-15-31(22)26(36)24(27(4,5)6)29-25(35)19(2)28-7/h8-10,12-13,16,19,22,24,28H,11,14-15,17H2,1-7H3,(H,29,35)/t19-,22-,24+/m0/s1. The van der Waals surface area contributed by atoms with Gasteiger partial charge in [0, 0.05) is 32.1 Å². The molecule has 0 spiro atoms. The molecule has 1 aromatic carbocycles. The number of hydrogen-bond donors (Lipinski definition) is 2. The van der Waals surface area contributed by atoms with Gasteiger partial charge in [0.05, 0.1) is 17.4 Å². The fourth-order valence-electron chi connectivity index (χ4n) is 4.56. The summed E-state index contributed by atoms with van der Waals surface area (Å²) in [5.74, 6) is 0.232. The second-order valence-electron chi connectivity index (χ2n) is 10.7. The van der Waals surface area contributed by atoms with Crippen molar-refractivity contribution in [2.24, 2.45) is 5.41 Å². The van der Waals surface area contributed by atoms with Crippen LogP contribution in [0.5, 0.6) is 0 Å². The van der Waals surface area contributed by atoms with Gasteiger partial charge in [-0.15, -0.1) is 0 Å². The van der Waals surface area contributed by atoms with Crippen molar-refractivity contribution in [3.05, 3.63) is 42.1 Å². The number of carbonyl (C=O) groups excluding carboxylic acids is 3. The first kappa shape index (κ1) is 27.4. The summed E-state index contributed by atoms with van der Waals surface area (Å²) in [4.78, 5) is 42.9. The van der Waals surface area contributed by atoms with Gasteiger partial charge < -0.3 is 15.5 Å². The zero-order valence-electron chi connectivity index (χ0n) is 22.5. The van der Waals surface area contributed by atoms with E-state index in [1.807, 2.05) is 69.0 Å². The number of aryl methyl sites for hydroxylation is 1. The molecule has 0 radical (unpaired) electrons. The predicted octanol–water partition coefficient (Wildman–Crippen LogP) is 2.66. The van der Waals surface area contributed by atoms with Crippen molar-refractivity contribution in [1.29, 1.82) is 0 Å². The molecule has 196 valence electrons. The minimum absolute atomic E-state index is 0.113. The van der Waals surface area contributed by atoms with Crippen molar-refractivity contribution in [2.75, 3.05) is 25.0 Å². The van der Waals surface area contributed by atoms with Crippen molar-refractivity contribution in [1.82, 2.24) is 25.3 Å². The minimum Gasteiger partial charge on any atom is -0.342 e. The molecule has 1 fully saturated rings. The van der Waals surface area contributed by atoms with E-state index in [1.54, 1.807) is 23.6 Å². The lowest BCUT2D eigenvalue weighted by molar-refractivity contribution is -0.140. The van der Waals surface area contributed by atoms with Gasteiger partial charge in [-0.2, -0.15) is 5.10 Å². The number of hydrogen-bond acceptors (Lipinski definition) is 5. The molecular formula is C27H40N6O3. The van der Waals surface area contributed by atoms with E-state index in [-0.39, 0.29) is 23.8 Å². The molecule has 1 aliphatic heterocycles. The Morgan fingerprint density at radius 2 is 1.86 bits per heavy atom. The van der Waals surface area contributed by atoms with E-state index >= 15 is 0 Å². The summed E-state index contributed by atoms with van der Waals surface area (Å²) in [6.45, 7) is 12.0. The highest BCUT2D eigenvalue weighted by atomic mass is 16.2. The Bertz CT molecular complexity index is 1070. The number of amides is 3. The van der Waals surface area contributed by atoms with Crippen LogP contribution in [0.1, 0.15) is 53.2 Å². The van der Waals surface area contributed by atoms with E-state index in [9.17, 15) is 14.4 Å². The van der Waals surface area contributed by atoms with Crippen LogP contribution in [0, 0.1) is 12.3 Å². The first-order valence-electron chi connectivity index (χ1n) is 12.6. The number of benzene rings is 1. The van der Waals surface area contributed by atoms with Crippen LogP contribution in [0.2, 0.25) is 0 Å². The summed E-state index contributed by atoms with van der Waals surface area (Å²) >= 11 is 0. The molecule has 3 amide bonds. The summed E-state index contributed by atoms with van der Waals surface area (Å²) in [5, 5.41) is 10.5. The second kappa shape index (κ2) is 11.2. The lowest BCUT2D eigenvalue weighted by Gasteiger charge is -2.37. The Morgan fingerprint density at radius 3 is 2.44 bits per heavy atom. The van der Waals surface area contributed by atoms with Crippen molar-refractivity contribution in [2.45, 2.75) is 72.5 Å². The lowest BCUT2D eigenvalue weighted by Crippen LogP contribution is -2.59. The number of anilines is 1. The van der Waals surface area contributed by atoms with E-state index in [4.69, 9.17) is 0 Å². The van der Waals surface area contributed by atoms with E-state index in [0.717, 1.165) is 24.2 Å². The Labute approximate surface area is 214 Å². The molecule has 0 unspecified atom stereocenters. The molecule has 0 aliphatic carbocycles. The van der Waals surface area contributed by atoms with Crippen molar-refractivity contribution in [3.63, 3.8) is 0 Å². The van der Waals surface area contributed by atoms with Gasteiger partial charge in [-0.3, -0.25) is 19.3 Å². The Hall–Kier alpha value is -3.20. The summed E-state index contributed by atoms with van der Waals surface area (Å²) in [6.07, 6.45) is 1.63. The van der Waals surface area contributed by atoms with Gasteiger partial charge >= 0.3 is 0 Å². The fraction of sp³-hybridized carbons (Fsp3) is 0.556. The van der Waals surface area contributed by atoms with Crippen LogP contribution >= 0.6 is 0 Å². The molecule has 36 heavy (non-hydrogen) atoms. The number of nitrogens with one attached hydrogen (secondary N) is 2. The summed E-state index contributed by atoms with van der Waals surface area (Å²) < 4.78 is 1.77. The number of carbonyl (C=O) groups is 3. The number of para-hydroxylation sites is 1. The van der Waals surface area contributed by atoms with E-state index in [0.29, 0.717) is 18.9 Å². The van der Waals surface area contributed by atoms with Gasteiger partial charge in [-0.25, -0.2) is 4.68 Å². The number of nitrogens with zero attached hydrogens (tertiary/aromatic N) is 4. The van der Waals surface area contributed by atoms with E-state index in [1.165, 1.54) is 6.92 Å². The number of likely N-dealkylation sites (tertiary alicyclic amines) is 1. The molecule has 0 saturated carbocycles. The highest BCUT2D eigenvalue weighted by Crippen LogP contribution is 2.28. The van der Waals surface area contributed by atoms with Crippen molar-refractivity contribution >= 4 is 23.5 Å². The van der Waals surface area contributed by atoms with Crippen molar-refractivity contribution in [3.8, 4) is 5.69 Å². The first-order chi connectivity index (χ1) is 16.9. The van der Waals surface area contributed by atoms with Crippen LogP contribution in [0.4, 0.5) is 5.82 Å². The third kappa shape index (κ3) is 6.13. The highest BCUT2D eigenvalue weighted by molar-refractivity contribution is 5.92. The number of rotatable bonds is 8. The number of aromatic nitrogens is 2. The number of likely N-dealkylation sites (N-methyl/N-ethyl adjacent to an activating group) is 1. The zero-order chi connectivity index (χ0) is 26.6. The first-order valence-corrected chi connectivity index (χ1v) is 12.6. The van der Waals surface area contributed by atoms with E-state index < -0.39 is 17.5 Å². The molecule has 2 aromatic rings. The lowest BCUT2D eigenvalue weighted by atomic mass is 9.85. The average Bonchev–Trinajstić information content (AvgIpc) is 3.45. The summed E-state index contributed by atoms with van der Waals surface area (Å²) in [6, 6.07) is 10.3. The topological polar surface area (TPSA) is 99.6 Å². The van der Waals surface area contributed by atoms with Gasteiger partial charge in [0.25, 0.3) is 0 Å². The molecule has 9 nitrogen and oxygen atoms in total. The third-order valence-corrected chi connectivity index (χ3v) is 6.75. The third-order valence-electron chi connectivity index (χ3n) is 6.75. The molecule has 2 heterocycles. The Morgan fingerprint density at radius 1 is 1.19 bits per heavy atom. The fourth-order valence-corrected chi connectivity index (χ4v) is 4.56. The molecule has 1 aliphatic rings. The van der Waals surface area contributed by atoms with Gasteiger partial charge in [-0.1, -0.05) is 39.0 Å². The smallest absolute Gasteiger partial charge is 0.246 e. The summed E-state index contributed by atoms with van der Waals surface area (Å²) in [7, 11) is 1.72. The molecular weight excluding hydrogens is 456 g/mol. The maximum atomic E-state index is 13.8. The maximum absolute atomic E-state index is 13.8. The Balaban J connectivity index is 1.88. The maximum Gasteiger partial charge on any atom is 0.246 e. The SMILES string of the molecule is CN[C@@H](C)C(=O)N[C@H](C(=O)N1CCC[C@H]1CN(C(C)=O)c1cc(C)nn1-c1ccccc1)C(C)(C)C. The molecule has 3 atom stereocenters. The quantitative estimate of drug-likeness (QED) is 0.585. The molecule has 3 rings (SSSR count). The average molecular weight is 497 g/mol. The normalized spacial score (nSPS) is 17.5. The minimum atomic E-state index is -0.677. The molecule has 0 bridgehead atoms. The van der Waals surface area contributed by atoms with Gasteiger partial charge in [0.2, 0.25) is 17.7 Å². The predicted molar refractivity (Wildman–Crippen MR) is 141 cm³/mol. The molecule has 1 aromatic heterocycles. The van der Waals surface area contributed by atoms with Crippen LogP contribution in [-0.4, -0.2) is 70.7 Å². The van der Waals surface area contributed by atoms with Crippen LogP contribution in [0.25, 0.3) is 5.69 Å². The van der Waals surface area contributed by atoms with Crippen LogP contribution in [0.15, 0.2) is 36.4 Å². The van der Waals surface area contributed by atoms with Crippen LogP contribution in [0.3, 0.4) is 0 Å². The second-order valence-corrected chi connectivity index (χ2v) is 10.7. The Kier molecular flexibility index (Phi) is 8.55. The zero-order valence-corrected chi connectivity index (χ0v) is 22.5. The van der Waals surface area contributed by atoms with Crippen LogP contribution < -0.4 is 15.5 Å². The largest absolute Gasteiger partial charge is 0.342 e. The van der Waals surface area contributed by atoms with Gasteiger partial charge in [0.15, 0.2) is 0 Å². The van der Waals surface area contributed by atoms with Gasteiger partial charge in [0.1, 0.15) is 11.9 Å². The summed E-state index contributed by atoms with van der Waals surface area (Å²) in [5.41, 5.74) is 1.19. The van der Waals surface area contributed by atoms with E-state index in [2.05, 4.69) is 15.7 Å². The highest BCUT2D eigenvalue weighted by Gasteiger charge is 2.41.